The van der Waals surface area contributed by atoms with Crippen LogP contribution in [0.4, 0.5) is 0 Å². The van der Waals surface area contributed by atoms with Crippen molar-refractivity contribution in [1.82, 2.24) is 0 Å². The zero-order valence-electron chi connectivity index (χ0n) is 8.62. The molecule has 0 aromatic heterocycles. The third-order valence-electron chi connectivity index (χ3n) is 1.93. The van der Waals surface area contributed by atoms with E-state index < -0.39 is 21.9 Å². The number of carboxylic acids is 1. The Morgan fingerprint density at radius 2 is 2.06 bits per heavy atom. The Morgan fingerprint density at radius 1 is 1.44 bits per heavy atom. The molecule has 88 valence electrons. The molecule has 1 rings (SSSR count). The Morgan fingerprint density at radius 3 is 2.56 bits per heavy atom. The number of aliphatic carboxylic acids is 1. The summed E-state index contributed by atoms with van der Waals surface area (Å²) in [6.45, 7) is 0. The fourth-order valence-corrected chi connectivity index (χ4v) is 2.08. The minimum Gasteiger partial charge on any atom is -0.479 e. The highest BCUT2D eigenvalue weighted by Crippen LogP contribution is 2.16. The topological polar surface area (TPSA) is 91.7 Å². The summed E-state index contributed by atoms with van der Waals surface area (Å²) in [7, 11) is -3.17. The molecule has 0 amide bonds. The number of aliphatic hydroxyl groups is 1. The van der Waals surface area contributed by atoms with Crippen LogP contribution in [0.3, 0.4) is 0 Å². The maximum absolute atomic E-state index is 11.0. The van der Waals surface area contributed by atoms with Gasteiger partial charge >= 0.3 is 5.97 Å². The molecule has 0 radical (unpaired) electrons. The number of hydrogen-bond donors (Lipinski definition) is 2. The third-order valence-corrected chi connectivity index (χ3v) is 2.79. The number of carboxylic acid groups (broad SMARTS) is 1. The van der Waals surface area contributed by atoms with E-state index in [1.807, 2.05) is 0 Å². The van der Waals surface area contributed by atoms with Crippen LogP contribution in [0.15, 0.2) is 24.3 Å². The van der Waals surface area contributed by atoms with Gasteiger partial charge in [0, 0.05) is 6.26 Å². The van der Waals surface area contributed by atoms with Crippen molar-refractivity contribution in [3.63, 3.8) is 0 Å². The van der Waals surface area contributed by atoms with E-state index in [1.165, 1.54) is 18.2 Å². The Hall–Kier alpha value is -1.40. The first-order chi connectivity index (χ1) is 7.29. The summed E-state index contributed by atoms with van der Waals surface area (Å²) < 4.78 is 22.1. The van der Waals surface area contributed by atoms with Gasteiger partial charge in [0.2, 0.25) is 0 Å². The molecule has 0 saturated carbocycles. The van der Waals surface area contributed by atoms with Crippen molar-refractivity contribution in [2.24, 2.45) is 0 Å². The predicted octanol–water partition coefficient (Wildman–Crippen LogP) is 0.349. The van der Waals surface area contributed by atoms with Crippen molar-refractivity contribution in [3.05, 3.63) is 35.4 Å². The highest BCUT2D eigenvalue weighted by molar-refractivity contribution is 7.89. The van der Waals surface area contributed by atoms with Gasteiger partial charge in [0.15, 0.2) is 15.9 Å². The van der Waals surface area contributed by atoms with Gasteiger partial charge in [-0.05, 0) is 11.1 Å². The average molecular weight is 244 g/mol. The molecular weight excluding hydrogens is 232 g/mol. The molecule has 1 aromatic carbocycles. The number of rotatable bonds is 4. The summed E-state index contributed by atoms with van der Waals surface area (Å²) in [5.41, 5.74) is 0.633. The molecule has 6 heteroatoms. The maximum atomic E-state index is 11.0. The van der Waals surface area contributed by atoms with Crippen LogP contribution >= 0.6 is 0 Å². The summed E-state index contributed by atoms with van der Waals surface area (Å²) in [5.74, 6) is -1.54. The molecule has 0 saturated heterocycles. The van der Waals surface area contributed by atoms with E-state index >= 15 is 0 Å². The number of carbonyl (C=O) groups is 1. The van der Waals surface area contributed by atoms with Crippen LogP contribution in [-0.2, 0) is 20.4 Å². The first-order valence-corrected chi connectivity index (χ1v) is 6.53. The summed E-state index contributed by atoms with van der Waals surface area (Å²) in [6.07, 6.45) is -0.535. The SMILES string of the molecule is CS(=O)(=O)Cc1cccc(C(O)C(=O)O)c1. The van der Waals surface area contributed by atoms with Crippen molar-refractivity contribution in [2.75, 3.05) is 6.26 Å². The van der Waals surface area contributed by atoms with Crippen LogP contribution in [0.25, 0.3) is 0 Å². The van der Waals surface area contributed by atoms with Gasteiger partial charge in [0.05, 0.1) is 5.75 Å². The molecule has 0 fully saturated rings. The zero-order chi connectivity index (χ0) is 12.3. The van der Waals surface area contributed by atoms with E-state index in [0.29, 0.717) is 5.56 Å². The maximum Gasteiger partial charge on any atom is 0.337 e. The van der Waals surface area contributed by atoms with E-state index in [9.17, 15) is 18.3 Å². The average Bonchev–Trinajstić information content (AvgIpc) is 2.14. The summed E-state index contributed by atoms with van der Waals surface area (Å²) >= 11 is 0. The number of benzene rings is 1. The van der Waals surface area contributed by atoms with Crippen molar-refractivity contribution in [1.29, 1.82) is 0 Å². The van der Waals surface area contributed by atoms with Crippen molar-refractivity contribution < 1.29 is 23.4 Å². The molecule has 0 aliphatic heterocycles. The molecular formula is C10H12O5S. The lowest BCUT2D eigenvalue weighted by atomic mass is 10.1. The zero-order valence-corrected chi connectivity index (χ0v) is 9.44. The second kappa shape index (κ2) is 4.63. The first-order valence-electron chi connectivity index (χ1n) is 4.47. The minimum atomic E-state index is -3.17. The van der Waals surface area contributed by atoms with E-state index in [4.69, 9.17) is 5.11 Å². The Bertz CT molecular complexity index is 492. The Balaban J connectivity index is 3.00. The minimum absolute atomic E-state index is 0.173. The molecule has 0 aliphatic carbocycles. The Labute approximate surface area is 93.3 Å². The van der Waals surface area contributed by atoms with Gasteiger partial charge in [-0.3, -0.25) is 0 Å². The molecule has 0 bridgehead atoms. The van der Waals surface area contributed by atoms with E-state index in [2.05, 4.69) is 0 Å². The van der Waals surface area contributed by atoms with Crippen LogP contribution in [-0.4, -0.2) is 30.9 Å². The number of sulfone groups is 1. The highest BCUT2D eigenvalue weighted by atomic mass is 32.2. The fraction of sp³-hybridized carbons (Fsp3) is 0.300. The van der Waals surface area contributed by atoms with Gasteiger partial charge in [-0.15, -0.1) is 0 Å². The molecule has 0 aliphatic rings. The summed E-state index contributed by atoms with van der Waals surface area (Å²) in [5, 5.41) is 17.9. The molecule has 1 aromatic rings. The Kier molecular flexibility index (Phi) is 3.66. The van der Waals surface area contributed by atoms with Gasteiger partial charge in [-0.1, -0.05) is 24.3 Å². The predicted molar refractivity (Wildman–Crippen MR) is 57.6 cm³/mol. The first kappa shape index (κ1) is 12.7. The normalized spacial score (nSPS) is 13.4. The van der Waals surface area contributed by atoms with Gasteiger partial charge in [-0.2, -0.15) is 0 Å². The monoisotopic (exact) mass is 244 g/mol. The summed E-state index contributed by atoms with van der Waals surface area (Å²) in [6, 6.07) is 5.89. The standard InChI is InChI=1S/C10H12O5S/c1-16(14,15)6-7-3-2-4-8(5-7)9(11)10(12)13/h2-5,9,11H,6H2,1H3,(H,12,13). The smallest absolute Gasteiger partial charge is 0.337 e. The van der Waals surface area contributed by atoms with E-state index in [1.54, 1.807) is 6.07 Å². The largest absolute Gasteiger partial charge is 0.479 e. The van der Waals surface area contributed by atoms with Gasteiger partial charge in [0.25, 0.3) is 0 Å². The van der Waals surface area contributed by atoms with Crippen LogP contribution in [0, 0.1) is 0 Å². The lowest BCUT2D eigenvalue weighted by Crippen LogP contribution is -2.11. The molecule has 5 nitrogen and oxygen atoms in total. The van der Waals surface area contributed by atoms with E-state index in [-0.39, 0.29) is 11.3 Å². The van der Waals surface area contributed by atoms with E-state index in [0.717, 1.165) is 6.26 Å². The lowest BCUT2D eigenvalue weighted by Gasteiger charge is -2.07. The lowest BCUT2D eigenvalue weighted by molar-refractivity contribution is -0.146. The van der Waals surface area contributed by atoms with Gasteiger partial charge < -0.3 is 10.2 Å². The van der Waals surface area contributed by atoms with Crippen molar-refractivity contribution >= 4 is 15.8 Å². The second-order valence-corrected chi connectivity index (χ2v) is 5.70. The molecule has 1 unspecified atom stereocenters. The summed E-state index contributed by atoms with van der Waals surface area (Å²) in [4.78, 5) is 10.5. The molecule has 2 N–H and O–H groups in total. The third kappa shape index (κ3) is 3.63. The number of aliphatic hydroxyl groups excluding tert-OH is 1. The van der Waals surface area contributed by atoms with Crippen LogP contribution < -0.4 is 0 Å². The van der Waals surface area contributed by atoms with Crippen LogP contribution in [0.5, 0.6) is 0 Å². The molecule has 0 spiro atoms. The quantitative estimate of drug-likeness (QED) is 0.797. The van der Waals surface area contributed by atoms with Gasteiger partial charge in [0.1, 0.15) is 0 Å². The molecule has 1 atom stereocenters. The highest BCUT2D eigenvalue weighted by Gasteiger charge is 2.16. The molecule has 16 heavy (non-hydrogen) atoms. The van der Waals surface area contributed by atoms with Crippen molar-refractivity contribution in [3.8, 4) is 0 Å². The van der Waals surface area contributed by atoms with Crippen molar-refractivity contribution in [2.45, 2.75) is 11.9 Å². The number of hydrogen-bond acceptors (Lipinski definition) is 4. The molecule has 0 heterocycles. The van der Waals surface area contributed by atoms with Gasteiger partial charge in [-0.25, -0.2) is 13.2 Å². The fourth-order valence-electron chi connectivity index (χ4n) is 1.30. The van der Waals surface area contributed by atoms with Crippen LogP contribution in [0.2, 0.25) is 0 Å². The second-order valence-electron chi connectivity index (χ2n) is 3.56. The van der Waals surface area contributed by atoms with Crippen LogP contribution in [0.1, 0.15) is 17.2 Å².